The van der Waals surface area contributed by atoms with Gasteiger partial charge in [-0.15, -0.1) is 0 Å². The van der Waals surface area contributed by atoms with Gasteiger partial charge in [0, 0.05) is 23.2 Å². The van der Waals surface area contributed by atoms with Crippen molar-refractivity contribution in [1.29, 1.82) is 0 Å². The van der Waals surface area contributed by atoms with Gasteiger partial charge in [-0.05, 0) is 17.5 Å². The third-order valence-corrected chi connectivity index (χ3v) is 2.44. The van der Waals surface area contributed by atoms with Gasteiger partial charge in [-0.1, -0.05) is 26.0 Å². The van der Waals surface area contributed by atoms with Gasteiger partial charge < -0.3 is 4.98 Å². The van der Waals surface area contributed by atoms with E-state index in [0.717, 1.165) is 16.5 Å². The second kappa shape index (κ2) is 3.29. The number of pyridine rings is 1. The van der Waals surface area contributed by atoms with E-state index in [0.29, 0.717) is 5.92 Å². The van der Waals surface area contributed by atoms with Crippen LogP contribution in [0, 0.1) is 0 Å². The SMILES string of the molecule is CC(C)c1cccc2[nH]ccc(=O)c12. The van der Waals surface area contributed by atoms with Crippen LogP contribution in [0.1, 0.15) is 25.3 Å². The van der Waals surface area contributed by atoms with Crippen molar-refractivity contribution >= 4 is 10.9 Å². The van der Waals surface area contributed by atoms with Crippen LogP contribution in [0.2, 0.25) is 0 Å². The summed E-state index contributed by atoms with van der Waals surface area (Å²) in [4.78, 5) is 14.8. The molecule has 0 aliphatic carbocycles. The molecule has 0 bridgehead atoms. The van der Waals surface area contributed by atoms with Gasteiger partial charge in [-0.2, -0.15) is 0 Å². The molecule has 0 radical (unpaired) electrons. The quantitative estimate of drug-likeness (QED) is 0.731. The Bertz CT molecular complexity index is 506. The van der Waals surface area contributed by atoms with Crippen LogP contribution in [-0.2, 0) is 0 Å². The average molecular weight is 187 g/mol. The highest BCUT2D eigenvalue weighted by atomic mass is 16.1. The van der Waals surface area contributed by atoms with Gasteiger partial charge in [-0.25, -0.2) is 0 Å². The highest BCUT2D eigenvalue weighted by Gasteiger charge is 2.06. The molecule has 14 heavy (non-hydrogen) atoms. The Morgan fingerprint density at radius 1 is 1.21 bits per heavy atom. The van der Waals surface area contributed by atoms with E-state index < -0.39 is 0 Å². The molecule has 1 aromatic carbocycles. The van der Waals surface area contributed by atoms with Gasteiger partial charge in [0.25, 0.3) is 0 Å². The third-order valence-electron chi connectivity index (χ3n) is 2.44. The first-order valence-corrected chi connectivity index (χ1v) is 4.80. The van der Waals surface area contributed by atoms with Gasteiger partial charge in [-0.3, -0.25) is 4.79 Å². The van der Waals surface area contributed by atoms with E-state index in [-0.39, 0.29) is 5.43 Å². The molecule has 2 aromatic rings. The number of aromatic nitrogens is 1. The van der Waals surface area contributed by atoms with Gasteiger partial charge in [0.15, 0.2) is 5.43 Å². The fraction of sp³-hybridized carbons (Fsp3) is 0.250. The van der Waals surface area contributed by atoms with Gasteiger partial charge >= 0.3 is 0 Å². The summed E-state index contributed by atoms with van der Waals surface area (Å²) in [5, 5.41) is 0.824. The summed E-state index contributed by atoms with van der Waals surface area (Å²) in [6, 6.07) is 7.51. The standard InChI is InChI=1S/C12H13NO/c1-8(2)9-4-3-5-10-12(9)11(14)6-7-13-10/h3-8H,1-2H3,(H,13,14). The van der Waals surface area contributed by atoms with Crippen molar-refractivity contribution in [3.8, 4) is 0 Å². The number of hydrogen-bond acceptors (Lipinski definition) is 1. The zero-order valence-corrected chi connectivity index (χ0v) is 8.37. The number of nitrogens with one attached hydrogen (secondary N) is 1. The lowest BCUT2D eigenvalue weighted by molar-refractivity contribution is 0.875. The normalized spacial score (nSPS) is 11.1. The minimum absolute atomic E-state index is 0.100. The Kier molecular flexibility index (Phi) is 2.12. The van der Waals surface area contributed by atoms with Gasteiger partial charge in [0.05, 0.1) is 0 Å². The van der Waals surface area contributed by atoms with Crippen LogP contribution in [0.5, 0.6) is 0 Å². The average Bonchev–Trinajstić information content (AvgIpc) is 2.17. The molecule has 1 heterocycles. The first-order valence-electron chi connectivity index (χ1n) is 4.80. The summed E-state index contributed by atoms with van der Waals surface area (Å²) in [7, 11) is 0. The molecule has 2 nitrogen and oxygen atoms in total. The Morgan fingerprint density at radius 2 is 2.00 bits per heavy atom. The predicted octanol–water partition coefficient (Wildman–Crippen LogP) is 2.65. The maximum absolute atomic E-state index is 11.7. The maximum atomic E-state index is 11.7. The van der Waals surface area contributed by atoms with Crippen molar-refractivity contribution in [1.82, 2.24) is 4.98 Å². The highest BCUT2D eigenvalue weighted by Crippen LogP contribution is 2.20. The van der Waals surface area contributed by atoms with E-state index >= 15 is 0 Å². The molecule has 0 amide bonds. The first kappa shape index (κ1) is 9.00. The van der Waals surface area contributed by atoms with Crippen LogP contribution in [0.25, 0.3) is 10.9 Å². The van der Waals surface area contributed by atoms with Crippen LogP contribution >= 0.6 is 0 Å². The fourth-order valence-electron chi connectivity index (χ4n) is 1.74. The molecular weight excluding hydrogens is 174 g/mol. The largest absolute Gasteiger partial charge is 0.361 e. The van der Waals surface area contributed by atoms with Crippen LogP contribution in [0.3, 0.4) is 0 Å². The number of fused-ring (bicyclic) bond motifs is 1. The van der Waals surface area contributed by atoms with Crippen molar-refractivity contribution in [2.45, 2.75) is 19.8 Å². The minimum atomic E-state index is 0.100. The summed E-state index contributed by atoms with van der Waals surface area (Å²) >= 11 is 0. The molecule has 0 spiro atoms. The number of benzene rings is 1. The van der Waals surface area contributed by atoms with Gasteiger partial charge in [0.2, 0.25) is 0 Å². The summed E-state index contributed by atoms with van der Waals surface area (Å²) in [5.41, 5.74) is 2.14. The van der Waals surface area contributed by atoms with E-state index in [1.165, 1.54) is 0 Å². The predicted molar refractivity (Wildman–Crippen MR) is 58.7 cm³/mol. The molecular formula is C12H13NO. The zero-order chi connectivity index (χ0) is 10.1. The molecule has 0 saturated heterocycles. The first-order chi connectivity index (χ1) is 6.70. The molecule has 0 aliphatic heterocycles. The van der Waals surface area contributed by atoms with Crippen molar-refractivity contribution in [2.75, 3.05) is 0 Å². The minimum Gasteiger partial charge on any atom is -0.361 e. The molecule has 72 valence electrons. The lowest BCUT2D eigenvalue weighted by atomic mass is 9.98. The third kappa shape index (κ3) is 1.33. The summed E-state index contributed by atoms with van der Waals surface area (Å²) in [6.07, 6.45) is 1.69. The lowest BCUT2D eigenvalue weighted by Gasteiger charge is -2.08. The molecule has 2 heteroatoms. The molecule has 1 N–H and O–H groups in total. The van der Waals surface area contributed by atoms with E-state index in [1.807, 2.05) is 18.2 Å². The molecule has 0 aliphatic rings. The maximum Gasteiger partial charge on any atom is 0.189 e. The molecule has 0 unspecified atom stereocenters. The van der Waals surface area contributed by atoms with Gasteiger partial charge in [0.1, 0.15) is 0 Å². The Hall–Kier alpha value is -1.57. The van der Waals surface area contributed by atoms with Crippen molar-refractivity contribution < 1.29 is 0 Å². The molecule has 0 saturated carbocycles. The second-order valence-electron chi connectivity index (χ2n) is 3.77. The Balaban J connectivity index is 2.91. The van der Waals surface area contributed by atoms with Crippen LogP contribution in [0.4, 0.5) is 0 Å². The van der Waals surface area contributed by atoms with E-state index in [9.17, 15) is 4.79 Å². The van der Waals surface area contributed by atoms with E-state index in [4.69, 9.17) is 0 Å². The molecule has 0 atom stereocenters. The number of hydrogen-bond donors (Lipinski definition) is 1. The number of rotatable bonds is 1. The fourth-order valence-corrected chi connectivity index (χ4v) is 1.74. The lowest BCUT2D eigenvalue weighted by Crippen LogP contribution is -2.04. The van der Waals surface area contributed by atoms with Crippen molar-refractivity contribution in [3.63, 3.8) is 0 Å². The monoisotopic (exact) mass is 187 g/mol. The van der Waals surface area contributed by atoms with Crippen molar-refractivity contribution in [2.24, 2.45) is 0 Å². The molecule has 1 aromatic heterocycles. The highest BCUT2D eigenvalue weighted by molar-refractivity contribution is 5.82. The van der Waals surface area contributed by atoms with Crippen LogP contribution < -0.4 is 5.43 Å². The zero-order valence-electron chi connectivity index (χ0n) is 8.37. The topological polar surface area (TPSA) is 32.9 Å². The van der Waals surface area contributed by atoms with E-state index in [1.54, 1.807) is 12.3 Å². The smallest absolute Gasteiger partial charge is 0.189 e. The summed E-state index contributed by atoms with van der Waals surface area (Å²) < 4.78 is 0. The van der Waals surface area contributed by atoms with Crippen LogP contribution in [-0.4, -0.2) is 4.98 Å². The molecule has 0 fully saturated rings. The van der Waals surface area contributed by atoms with Crippen LogP contribution in [0.15, 0.2) is 35.3 Å². The summed E-state index contributed by atoms with van der Waals surface area (Å²) in [5.74, 6) is 0.377. The molecule has 2 rings (SSSR count). The van der Waals surface area contributed by atoms with E-state index in [2.05, 4.69) is 18.8 Å². The van der Waals surface area contributed by atoms with Crippen molar-refractivity contribution in [3.05, 3.63) is 46.2 Å². The Morgan fingerprint density at radius 3 is 2.71 bits per heavy atom. The number of aromatic amines is 1. The second-order valence-corrected chi connectivity index (χ2v) is 3.77. The summed E-state index contributed by atoms with van der Waals surface area (Å²) in [6.45, 7) is 4.20. The Labute approximate surface area is 82.6 Å². The number of H-pyrrole nitrogens is 1.